The van der Waals surface area contributed by atoms with Crippen LogP contribution in [0.25, 0.3) is 0 Å². The van der Waals surface area contributed by atoms with Gasteiger partial charge in [0, 0.05) is 18.6 Å². The first-order chi connectivity index (χ1) is 9.83. The van der Waals surface area contributed by atoms with Gasteiger partial charge in [-0.15, -0.1) is 0 Å². The van der Waals surface area contributed by atoms with E-state index in [1.807, 2.05) is 0 Å². The SMILES string of the molecule is O=C(CN1CCCC2CNCC21)NC1CCCCCC1. The van der Waals surface area contributed by atoms with Crippen LogP contribution in [0.4, 0.5) is 0 Å². The Kier molecular flexibility index (Phi) is 4.94. The molecule has 3 fully saturated rings. The molecular formula is C16H29N3O. The van der Waals surface area contributed by atoms with Crippen molar-refractivity contribution in [3.63, 3.8) is 0 Å². The molecule has 114 valence electrons. The lowest BCUT2D eigenvalue weighted by molar-refractivity contribution is -0.124. The van der Waals surface area contributed by atoms with Gasteiger partial charge >= 0.3 is 0 Å². The molecule has 0 spiro atoms. The summed E-state index contributed by atoms with van der Waals surface area (Å²) in [7, 11) is 0. The smallest absolute Gasteiger partial charge is 0.234 e. The molecule has 0 aromatic heterocycles. The maximum atomic E-state index is 12.3. The van der Waals surface area contributed by atoms with Gasteiger partial charge in [0.25, 0.3) is 0 Å². The van der Waals surface area contributed by atoms with Gasteiger partial charge in [-0.3, -0.25) is 9.69 Å². The monoisotopic (exact) mass is 279 g/mol. The standard InChI is InChI=1S/C16H29N3O/c20-16(18-14-7-3-1-2-4-8-14)12-19-9-5-6-13-10-17-11-15(13)19/h13-15,17H,1-12H2,(H,18,20). The third-order valence-electron chi connectivity index (χ3n) is 5.36. The summed E-state index contributed by atoms with van der Waals surface area (Å²) in [6.07, 6.45) is 10.2. The number of fused-ring (bicyclic) bond motifs is 1. The molecule has 2 heterocycles. The van der Waals surface area contributed by atoms with Crippen LogP contribution in [0.15, 0.2) is 0 Å². The minimum absolute atomic E-state index is 0.254. The van der Waals surface area contributed by atoms with Crippen molar-refractivity contribution in [1.29, 1.82) is 0 Å². The number of likely N-dealkylation sites (tertiary alicyclic amines) is 1. The number of carbonyl (C=O) groups is 1. The summed E-state index contributed by atoms with van der Waals surface area (Å²) < 4.78 is 0. The summed E-state index contributed by atoms with van der Waals surface area (Å²) in [5.41, 5.74) is 0. The molecule has 4 heteroatoms. The van der Waals surface area contributed by atoms with Gasteiger partial charge in [0.2, 0.25) is 5.91 Å². The predicted octanol–water partition coefficient (Wildman–Crippen LogP) is 1.51. The maximum absolute atomic E-state index is 12.3. The van der Waals surface area contributed by atoms with Gasteiger partial charge in [-0.2, -0.15) is 0 Å². The van der Waals surface area contributed by atoms with Crippen molar-refractivity contribution in [3.05, 3.63) is 0 Å². The number of piperidine rings is 1. The Morgan fingerprint density at radius 3 is 2.65 bits per heavy atom. The third kappa shape index (κ3) is 3.53. The predicted molar refractivity (Wildman–Crippen MR) is 80.6 cm³/mol. The highest BCUT2D eigenvalue weighted by Gasteiger charge is 2.35. The zero-order valence-electron chi connectivity index (χ0n) is 12.6. The largest absolute Gasteiger partial charge is 0.352 e. The van der Waals surface area contributed by atoms with E-state index in [4.69, 9.17) is 0 Å². The summed E-state index contributed by atoms with van der Waals surface area (Å²) in [5.74, 6) is 1.03. The second-order valence-corrected chi connectivity index (χ2v) is 6.85. The van der Waals surface area contributed by atoms with Crippen LogP contribution in [0.1, 0.15) is 51.4 Å². The van der Waals surface area contributed by atoms with Gasteiger partial charge in [-0.05, 0) is 44.7 Å². The minimum Gasteiger partial charge on any atom is -0.352 e. The Labute approximate surface area is 122 Å². The van der Waals surface area contributed by atoms with Crippen LogP contribution in [0.5, 0.6) is 0 Å². The second-order valence-electron chi connectivity index (χ2n) is 6.85. The van der Waals surface area contributed by atoms with E-state index in [2.05, 4.69) is 15.5 Å². The van der Waals surface area contributed by atoms with E-state index in [9.17, 15) is 4.79 Å². The minimum atomic E-state index is 0.254. The maximum Gasteiger partial charge on any atom is 0.234 e. The van der Waals surface area contributed by atoms with E-state index in [-0.39, 0.29) is 5.91 Å². The van der Waals surface area contributed by atoms with Crippen LogP contribution < -0.4 is 10.6 Å². The molecule has 0 aromatic carbocycles. The van der Waals surface area contributed by atoms with Crippen molar-refractivity contribution in [3.8, 4) is 0 Å². The lowest BCUT2D eigenvalue weighted by Crippen LogP contribution is -2.50. The summed E-state index contributed by atoms with van der Waals surface area (Å²) in [6.45, 7) is 3.92. The van der Waals surface area contributed by atoms with Crippen LogP contribution in [-0.4, -0.2) is 49.1 Å². The van der Waals surface area contributed by atoms with Gasteiger partial charge in [-0.25, -0.2) is 0 Å². The van der Waals surface area contributed by atoms with Crippen molar-refractivity contribution in [2.75, 3.05) is 26.2 Å². The van der Waals surface area contributed by atoms with Gasteiger partial charge in [0.15, 0.2) is 0 Å². The number of carbonyl (C=O) groups excluding carboxylic acids is 1. The molecule has 2 saturated heterocycles. The first kappa shape index (κ1) is 14.3. The molecule has 2 N–H and O–H groups in total. The van der Waals surface area contributed by atoms with Crippen LogP contribution in [0, 0.1) is 5.92 Å². The molecule has 20 heavy (non-hydrogen) atoms. The van der Waals surface area contributed by atoms with Crippen molar-refractivity contribution in [2.45, 2.75) is 63.5 Å². The molecule has 0 bridgehead atoms. The third-order valence-corrected chi connectivity index (χ3v) is 5.36. The molecule has 0 aromatic rings. The summed E-state index contributed by atoms with van der Waals surface area (Å²) in [6, 6.07) is 1.04. The van der Waals surface area contributed by atoms with Crippen molar-refractivity contribution >= 4 is 5.91 Å². The van der Waals surface area contributed by atoms with Crippen LogP contribution in [-0.2, 0) is 4.79 Å². The first-order valence-electron chi connectivity index (χ1n) is 8.57. The second kappa shape index (κ2) is 6.90. The number of nitrogens with zero attached hydrogens (tertiary/aromatic N) is 1. The number of amides is 1. The van der Waals surface area contributed by atoms with Crippen LogP contribution in [0.3, 0.4) is 0 Å². The van der Waals surface area contributed by atoms with E-state index in [0.717, 1.165) is 25.6 Å². The van der Waals surface area contributed by atoms with Crippen molar-refractivity contribution in [2.24, 2.45) is 5.92 Å². The molecule has 4 nitrogen and oxygen atoms in total. The summed E-state index contributed by atoms with van der Waals surface area (Å²) in [4.78, 5) is 14.7. The first-order valence-corrected chi connectivity index (χ1v) is 8.57. The summed E-state index contributed by atoms with van der Waals surface area (Å²) >= 11 is 0. The van der Waals surface area contributed by atoms with Crippen molar-refractivity contribution < 1.29 is 4.79 Å². The number of nitrogens with one attached hydrogen (secondary N) is 2. The Balaban J connectivity index is 1.47. The highest BCUT2D eigenvalue weighted by molar-refractivity contribution is 5.78. The molecule has 2 atom stereocenters. The fourth-order valence-electron chi connectivity index (χ4n) is 4.24. The van der Waals surface area contributed by atoms with Gasteiger partial charge < -0.3 is 10.6 Å². The Morgan fingerprint density at radius 1 is 1.05 bits per heavy atom. The molecule has 2 aliphatic heterocycles. The fraction of sp³-hybridized carbons (Fsp3) is 0.938. The molecule has 0 radical (unpaired) electrons. The molecule has 3 rings (SSSR count). The lowest BCUT2D eigenvalue weighted by atomic mass is 9.92. The van der Waals surface area contributed by atoms with Gasteiger partial charge in [0.05, 0.1) is 6.54 Å². The van der Waals surface area contributed by atoms with Gasteiger partial charge in [0.1, 0.15) is 0 Å². The number of rotatable bonds is 3. The van der Waals surface area contributed by atoms with E-state index in [1.165, 1.54) is 51.4 Å². The lowest BCUT2D eigenvalue weighted by Gasteiger charge is -2.36. The molecule has 2 unspecified atom stereocenters. The quantitative estimate of drug-likeness (QED) is 0.770. The normalized spacial score (nSPS) is 32.6. The highest BCUT2D eigenvalue weighted by atomic mass is 16.2. The Bertz CT molecular complexity index is 326. The van der Waals surface area contributed by atoms with E-state index < -0.39 is 0 Å². The molecule has 1 amide bonds. The Hall–Kier alpha value is -0.610. The average molecular weight is 279 g/mol. The summed E-state index contributed by atoms with van der Waals surface area (Å²) in [5, 5.41) is 6.77. The Morgan fingerprint density at radius 2 is 1.85 bits per heavy atom. The van der Waals surface area contributed by atoms with Gasteiger partial charge in [-0.1, -0.05) is 25.7 Å². The van der Waals surface area contributed by atoms with Crippen LogP contribution >= 0.6 is 0 Å². The number of hydrogen-bond acceptors (Lipinski definition) is 3. The zero-order chi connectivity index (χ0) is 13.8. The highest BCUT2D eigenvalue weighted by Crippen LogP contribution is 2.26. The average Bonchev–Trinajstić information content (AvgIpc) is 2.78. The molecular weight excluding hydrogens is 250 g/mol. The van der Waals surface area contributed by atoms with Crippen molar-refractivity contribution in [1.82, 2.24) is 15.5 Å². The fourth-order valence-corrected chi connectivity index (χ4v) is 4.24. The van der Waals surface area contributed by atoms with E-state index >= 15 is 0 Å². The van der Waals surface area contributed by atoms with Crippen LogP contribution in [0.2, 0.25) is 0 Å². The molecule has 1 saturated carbocycles. The van der Waals surface area contributed by atoms with E-state index in [1.54, 1.807) is 0 Å². The number of hydrogen-bond donors (Lipinski definition) is 2. The molecule has 1 aliphatic carbocycles. The van der Waals surface area contributed by atoms with E-state index in [0.29, 0.717) is 18.6 Å². The topological polar surface area (TPSA) is 44.4 Å². The molecule has 3 aliphatic rings. The zero-order valence-corrected chi connectivity index (χ0v) is 12.6.